The van der Waals surface area contributed by atoms with E-state index in [2.05, 4.69) is 36.5 Å². The molecule has 2 fully saturated rings. The smallest absolute Gasteiger partial charge is 0.134 e. The van der Waals surface area contributed by atoms with Crippen LogP contribution in [0.25, 0.3) is 0 Å². The van der Waals surface area contributed by atoms with E-state index >= 15 is 0 Å². The van der Waals surface area contributed by atoms with Crippen molar-refractivity contribution in [1.29, 1.82) is 0 Å². The van der Waals surface area contributed by atoms with Crippen LogP contribution in [-0.4, -0.2) is 62.3 Å². The van der Waals surface area contributed by atoms with Gasteiger partial charge in [0, 0.05) is 58.4 Å². The molecule has 3 heterocycles. The molecule has 3 rings (SSSR count). The Morgan fingerprint density at radius 1 is 0.789 bits per heavy atom. The summed E-state index contributed by atoms with van der Waals surface area (Å²) in [5.74, 6) is 2.11. The molecule has 19 heavy (non-hydrogen) atoms. The van der Waals surface area contributed by atoms with Crippen LogP contribution in [-0.2, 0) is 0 Å². The molecule has 106 valence electrons. The third-order valence-electron chi connectivity index (χ3n) is 3.52. The highest BCUT2D eigenvalue weighted by atomic mass is 35.5. The lowest BCUT2D eigenvalue weighted by Gasteiger charge is -2.31. The van der Waals surface area contributed by atoms with Crippen molar-refractivity contribution in [3.05, 3.63) is 12.4 Å². The monoisotopic (exact) mass is 284 g/mol. The van der Waals surface area contributed by atoms with Gasteiger partial charge in [-0.25, -0.2) is 9.97 Å². The van der Waals surface area contributed by atoms with Crippen molar-refractivity contribution in [2.75, 3.05) is 62.2 Å². The van der Waals surface area contributed by atoms with Gasteiger partial charge in [0.2, 0.25) is 0 Å². The minimum Gasteiger partial charge on any atom is -0.354 e. The van der Waals surface area contributed by atoms with E-state index in [1.165, 1.54) is 0 Å². The summed E-state index contributed by atoms with van der Waals surface area (Å²) < 4.78 is 0. The second-order valence-corrected chi connectivity index (χ2v) is 4.71. The molecule has 0 bridgehead atoms. The highest BCUT2D eigenvalue weighted by Gasteiger charge is 2.16. The van der Waals surface area contributed by atoms with Crippen LogP contribution in [0.3, 0.4) is 0 Å². The number of anilines is 2. The second-order valence-electron chi connectivity index (χ2n) is 4.71. The fourth-order valence-electron chi connectivity index (χ4n) is 2.47. The van der Waals surface area contributed by atoms with Crippen LogP contribution in [0.5, 0.6) is 0 Å². The highest BCUT2D eigenvalue weighted by Crippen LogP contribution is 2.18. The van der Waals surface area contributed by atoms with Gasteiger partial charge in [-0.05, 0) is 0 Å². The Morgan fingerprint density at radius 3 is 1.63 bits per heavy atom. The van der Waals surface area contributed by atoms with Crippen molar-refractivity contribution in [2.24, 2.45) is 0 Å². The van der Waals surface area contributed by atoms with Crippen molar-refractivity contribution in [1.82, 2.24) is 20.6 Å². The molecule has 7 heteroatoms. The first kappa shape index (κ1) is 14.3. The molecule has 0 unspecified atom stereocenters. The molecular weight excluding hydrogens is 264 g/mol. The van der Waals surface area contributed by atoms with Crippen molar-refractivity contribution < 1.29 is 0 Å². The van der Waals surface area contributed by atoms with Crippen molar-refractivity contribution in [3.63, 3.8) is 0 Å². The van der Waals surface area contributed by atoms with Gasteiger partial charge in [0.25, 0.3) is 0 Å². The quantitative estimate of drug-likeness (QED) is 0.779. The molecule has 2 aliphatic rings. The Balaban J connectivity index is 0.00000133. The first-order valence-electron chi connectivity index (χ1n) is 6.67. The molecular formula is C12H21ClN6. The number of piperazine rings is 2. The average Bonchev–Trinajstić information content (AvgIpc) is 2.49. The van der Waals surface area contributed by atoms with Gasteiger partial charge in [0.05, 0.1) is 0 Å². The maximum Gasteiger partial charge on any atom is 0.134 e. The average molecular weight is 285 g/mol. The van der Waals surface area contributed by atoms with Crippen molar-refractivity contribution in [3.8, 4) is 0 Å². The molecule has 6 nitrogen and oxygen atoms in total. The number of hydrogen-bond acceptors (Lipinski definition) is 6. The maximum atomic E-state index is 4.40. The van der Waals surface area contributed by atoms with Crippen molar-refractivity contribution in [2.45, 2.75) is 0 Å². The van der Waals surface area contributed by atoms with E-state index < -0.39 is 0 Å². The van der Waals surface area contributed by atoms with Crippen LogP contribution in [0.2, 0.25) is 0 Å². The van der Waals surface area contributed by atoms with E-state index in [9.17, 15) is 0 Å². The number of halogens is 1. The molecule has 0 atom stereocenters. The summed E-state index contributed by atoms with van der Waals surface area (Å²) in [6.07, 6.45) is 1.69. The minimum absolute atomic E-state index is 0. The Labute approximate surface area is 120 Å². The largest absolute Gasteiger partial charge is 0.354 e. The molecule has 2 saturated heterocycles. The zero-order valence-electron chi connectivity index (χ0n) is 11.0. The summed E-state index contributed by atoms with van der Waals surface area (Å²) in [5, 5.41) is 6.72. The topological polar surface area (TPSA) is 56.3 Å². The highest BCUT2D eigenvalue weighted by molar-refractivity contribution is 5.85. The molecule has 1 aromatic rings. The Hall–Kier alpha value is -1.11. The fraction of sp³-hybridized carbons (Fsp3) is 0.667. The molecule has 2 aliphatic heterocycles. The van der Waals surface area contributed by atoms with Gasteiger partial charge in [-0.2, -0.15) is 0 Å². The van der Waals surface area contributed by atoms with Gasteiger partial charge in [0.15, 0.2) is 0 Å². The zero-order chi connectivity index (χ0) is 12.2. The minimum atomic E-state index is 0. The third kappa shape index (κ3) is 3.46. The summed E-state index contributed by atoms with van der Waals surface area (Å²) in [7, 11) is 0. The maximum absolute atomic E-state index is 4.40. The summed E-state index contributed by atoms with van der Waals surface area (Å²) in [5.41, 5.74) is 0. The van der Waals surface area contributed by atoms with E-state index in [1.807, 2.05) is 0 Å². The number of aromatic nitrogens is 2. The number of rotatable bonds is 2. The van der Waals surface area contributed by atoms with Gasteiger partial charge < -0.3 is 20.4 Å². The van der Waals surface area contributed by atoms with Crippen molar-refractivity contribution >= 4 is 24.0 Å². The van der Waals surface area contributed by atoms with Gasteiger partial charge in [-0.15, -0.1) is 12.4 Å². The Bertz CT molecular complexity index is 356. The number of hydrogen-bond donors (Lipinski definition) is 2. The van der Waals surface area contributed by atoms with Gasteiger partial charge >= 0.3 is 0 Å². The summed E-state index contributed by atoms with van der Waals surface area (Å²) in [6, 6.07) is 2.12. The van der Waals surface area contributed by atoms with Gasteiger partial charge in [-0.3, -0.25) is 0 Å². The summed E-state index contributed by atoms with van der Waals surface area (Å²) in [4.78, 5) is 13.5. The van der Waals surface area contributed by atoms with E-state index in [1.54, 1.807) is 6.33 Å². The Morgan fingerprint density at radius 2 is 1.21 bits per heavy atom. The lowest BCUT2D eigenvalue weighted by Crippen LogP contribution is -2.45. The lowest BCUT2D eigenvalue weighted by atomic mass is 10.3. The fourth-order valence-corrected chi connectivity index (χ4v) is 2.47. The molecule has 0 spiro atoms. The van der Waals surface area contributed by atoms with Crippen LogP contribution < -0.4 is 20.4 Å². The van der Waals surface area contributed by atoms with Crippen LogP contribution in [0.15, 0.2) is 12.4 Å². The van der Waals surface area contributed by atoms with E-state index in [-0.39, 0.29) is 12.4 Å². The van der Waals surface area contributed by atoms with Crippen LogP contribution in [0.1, 0.15) is 0 Å². The second kappa shape index (κ2) is 6.88. The van der Waals surface area contributed by atoms with Crippen LogP contribution in [0, 0.1) is 0 Å². The Kier molecular flexibility index (Phi) is 5.18. The van der Waals surface area contributed by atoms with Gasteiger partial charge in [0.1, 0.15) is 18.0 Å². The number of nitrogens with zero attached hydrogens (tertiary/aromatic N) is 4. The zero-order valence-corrected chi connectivity index (χ0v) is 11.8. The molecule has 0 aliphatic carbocycles. The standard InChI is InChI=1S/C12H20N6.ClH/c1-5-17(6-2-13-1)11-9-12(16-10-15-11)18-7-3-14-4-8-18;/h9-10,13-14H,1-8H2;1H. The van der Waals surface area contributed by atoms with E-state index in [0.717, 1.165) is 64.0 Å². The normalized spacial score (nSPS) is 20.0. The lowest BCUT2D eigenvalue weighted by molar-refractivity contribution is 0.578. The summed E-state index contributed by atoms with van der Waals surface area (Å²) in [6.45, 7) is 8.24. The van der Waals surface area contributed by atoms with E-state index in [4.69, 9.17) is 0 Å². The van der Waals surface area contributed by atoms with Gasteiger partial charge in [-0.1, -0.05) is 0 Å². The molecule has 1 aromatic heterocycles. The van der Waals surface area contributed by atoms with Crippen LogP contribution in [0.4, 0.5) is 11.6 Å². The molecule has 0 aromatic carbocycles. The molecule has 0 saturated carbocycles. The SMILES string of the molecule is Cl.c1nc(N2CCNCC2)cc(N2CCNCC2)n1. The third-order valence-corrected chi connectivity index (χ3v) is 3.52. The first-order chi connectivity index (χ1) is 8.93. The van der Waals surface area contributed by atoms with E-state index in [0.29, 0.717) is 0 Å². The van der Waals surface area contributed by atoms with Crippen LogP contribution >= 0.6 is 12.4 Å². The first-order valence-corrected chi connectivity index (χ1v) is 6.67. The summed E-state index contributed by atoms with van der Waals surface area (Å²) >= 11 is 0. The number of nitrogens with one attached hydrogen (secondary N) is 2. The predicted molar refractivity (Wildman–Crippen MR) is 79.4 cm³/mol. The molecule has 0 radical (unpaired) electrons. The molecule has 0 amide bonds. The molecule has 2 N–H and O–H groups in total. The predicted octanol–water partition coefficient (Wildman–Crippen LogP) is -0.282.